The van der Waals surface area contributed by atoms with Crippen molar-refractivity contribution in [2.75, 3.05) is 26.2 Å². The number of unbranched alkanes of at least 4 members (excludes halogenated alkanes) is 1. The van der Waals surface area contributed by atoms with Gasteiger partial charge in [0.2, 0.25) is 5.91 Å². The van der Waals surface area contributed by atoms with E-state index in [9.17, 15) is 4.79 Å². The van der Waals surface area contributed by atoms with Crippen molar-refractivity contribution in [2.24, 2.45) is 0 Å². The maximum atomic E-state index is 11.1. The van der Waals surface area contributed by atoms with Gasteiger partial charge in [0.15, 0.2) is 0 Å². The zero-order valence-electron chi connectivity index (χ0n) is 7.05. The number of hydrogen-bond donors (Lipinski definition) is 0. The van der Waals surface area contributed by atoms with E-state index in [0.717, 1.165) is 32.5 Å². The van der Waals surface area contributed by atoms with Crippen molar-refractivity contribution in [3.8, 4) is 0 Å². The summed E-state index contributed by atoms with van der Waals surface area (Å²) in [6.07, 6.45) is 2.27. The summed E-state index contributed by atoms with van der Waals surface area (Å²) in [4.78, 5) is 13.0. The molecule has 1 aliphatic heterocycles. The minimum atomic E-state index is 0.199. The summed E-state index contributed by atoms with van der Waals surface area (Å²) in [5.41, 5.74) is 0. The number of hydrogen-bond acceptors (Lipinski definition) is 1. The lowest BCUT2D eigenvalue weighted by Crippen LogP contribution is -2.45. The lowest BCUT2D eigenvalue weighted by molar-refractivity contribution is -0.132. The van der Waals surface area contributed by atoms with Gasteiger partial charge in [-0.05, 0) is 6.42 Å². The lowest BCUT2D eigenvalue weighted by Gasteiger charge is -2.26. The largest absolute Gasteiger partial charge is 0.340 e. The fraction of sp³-hybridized carbons (Fsp3) is 0.875. The molecule has 0 saturated carbocycles. The number of piperazine rings is 1. The zero-order valence-corrected chi connectivity index (χ0v) is 7.05. The lowest BCUT2D eigenvalue weighted by atomic mass is 10.3. The molecule has 0 bridgehead atoms. The van der Waals surface area contributed by atoms with Gasteiger partial charge >= 0.3 is 0 Å². The summed E-state index contributed by atoms with van der Waals surface area (Å²) < 4.78 is 0. The van der Waals surface area contributed by atoms with Crippen LogP contribution in [0.1, 0.15) is 19.8 Å². The Kier molecular flexibility index (Phi) is 3.36. The fourth-order valence-corrected chi connectivity index (χ4v) is 1.18. The maximum absolute atomic E-state index is 11.1. The van der Waals surface area contributed by atoms with E-state index in [1.165, 1.54) is 0 Å². The molecule has 63 valence electrons. The summed E-state index contributed by atoms with van der Waals surface area (Å²) >= 11 is 0. The van der Waals surface area contributed by atoms with Gasteiger partial charge in [0.05, 0.1) is 6.54 Å². The highest BCUT2D eigenvalue weighted by atomic mass is 16.2. The molecule has 0 aromatic rings. The third-order valence-corrected chi connectivity index (χ3v) is 1.91. The normalized spacial score (nSPS) is 19.0. The summed E-state index contributed by atoms with van der Waals surface area (Å²) in [5, 5.41) is 4.03. The summed E-state index contributed by atoms with van der Waals surface area (Å²) in [5.74, 6) is 0.199. The van der Waals surface area contributed by atoms with Gasteiger partial charge in [0, 0.05) is 19.6 Å². The van der Waals surface area contributed by atoms with E-state index in [1.807, 2.05) is 4.90 Å². The van der Waals surface area contributed by atoms with Gasteiger partial charge in [-0.2, -0.15) is 0 Å². The second kappa shape index (κ2) is 4.34. The van der Waals surface area contributed by atoms with Crippen LogP contribution in [0.15, 0.2) is 0 Å². The van der Waals surface area contributed by atoms with Gasteiger partial charge < -0.3 is 4.90 Å². The third kappa shape index (κ3) is 2.50. The minimum absolute atomic E-state index is 0.199. The topological polar surface area (TPSA) is 34.4 Å². The fourth-order valence-electron chi connectivity index (χ4n) is 1.18. The Labute approximate surface area is 67.8 Å². The molecule has 0 unspecified atom stereocenters. The molecule has 1 heterocycles. The molecule has 1 aliphatic rings. The van der Waals surface area contributed by atoms with E-state index in [0.29, 0.717) is 6.54 Å². The highest BCUT2D eigenvalue weighted by Gasteiger charge is 2.16. The summed E-state index contributed by atoms with van der Waals surface area (Å²) in [6.45, 7) is 5.13. The van der Waals surface area contributed by atoms with Crippen LogP contribution in [0.4, 0.5) is 0 Å². The van der Waals surface area contributed by atoms with Gasteiger partial charge in [0.1, 0.15) is 0 Å². The minimum Gasteiger partial charge on any atom is -0.340 e. The first-order valence-corrected chi connectivity index (χ1v) is 4.25. The average Bonchev–Trinajstić information content (AvgIpc) is 2.03. The Bertz CT molecular complexity index is 136. The van der Waals surface area contributed by atoms with Crippen LogP contribution in [0.3, 0.4) is 0 Å². The highest BCUT2D eigenvalue weighted by Crippen LogP contribution is 1.98. The van der Waals surface area contributed by atoms with Crippen LogP contribution in [0.25, 0.3) is 0 Å². The molecular weight excluding hydrogens is 140 g/mol. The van der Waals surface area contributed by atoms with Crippen molar-refractivity contribution < 1.29 is 4.79 Å². The number of amides is 1. The summed E-state index contributed by atoms with van der Waals surface area (Å²) in [7, 11) is 0. The second-order valence-electron chi connectivity index (χ2n) is 2.84. The molecule has 1 saturated heterocycles. The van der Waals surface area contributed by atoms with Crippen molar-refractivity contribution in [3.05, 3.63) is 0 Å². The molecule has 3 nitrogen and oxygen atoms in total. The van der Waals surface area contributed by atoms with E-state index >= 15 is 0 Å². The van der Waals surface area contributed by atoms with Crippen molar-refractivity contribution in [3.63, 3.8) is 0 Å². The average molecular weight is 155 g/mol. The molecule has 0 aromatic heterocycles. The van der Waals surface area contributed by atoms with Crippen LogP contribution in [-0.4, -0.2) is 37.0 Å². The standard InChI is InChI=1S/C8H15N2O/c1-2-3-5-10-6-4-9-7-8(10)11/h2-7H2,1H3. The smallest absolute Gasteiger partial charge is 0.238 e. The molecule has 3 heteroatoms. The Morgan fingerprint density at radius 1 is 1.64 bits per heavy atom. The van der Waals surface area contributed by atoms with Crippen LogP contribution in [0.5, 0.6) is 0 Å². The SMILES string of the molecule is CCCCN1CC[N]CC1=O. The zero-order chi connectivity index (χ0) is 8.10. The van der Waals surface area contributed by atoms with E-state index in [2.05, 4.69) is 12.2 Å². The molecule has 0 N–H and O–H groups in total. The van der Waals surface area contributed by atoms with E-state index < -0.39 is 0 Å². The molecule has 1 radical (unpaired) electrons. The molecule has 0 atom stereocenters. The van der Waals surface area contributed by atoms with Crippen LogP contribution in [0, 0.1) is 0 Å². The molecule has 11 heavy (non-hydrogen) atoms. The Balaban J connectivity index is 2.24. The van der Waals surface area contributed by atoms with Gasteiger partial charge in [-0.25, -0.2) is 5.32 Å². The molecule has 0 aliphatic carbocycles. The van der Waals surface area contributed by atoms with Crippen LogP contribution in [0.2, 0.25) is 0 Å². The van der Waals surface area contributed by atoms with Gasteiger partial charge in [0.25, 0.3) is 0 Å². The Morgan fingerprint density at radius 3 is 3.09 bits per heavy atom. The number of rotatable bonds is 3. The third-order valence-electron chi connectivity index (χ3n) is 1.91. The van der Waals surface area contributed by atoms with Gasteiger partial charge in [-0.3, -0.25) is 4.79 Å². The number of carbonyl (C=O) groups excluding carboxylic acids is 1. The highest BCUT2D eigenvalue weighted by molar-refractivity contribution is 5.78. The van der Waals surface area contributed by atoms with Crippen LogP contribution < -0.4 is 5.32 Å². The van der Waals surface area contributed by atoms with E-state index in [4.69, 9.17) is 0 Å². The van der Waals surface area contributed by atoms with E-state index in [1.54, 1.807) is 0 Å². The molecule has 1 amide bonds. The van der Waals surface area contributed by atoms with Crippen molar-refractivity contribution in [1.82, 2.24) is 10.2 Å². The maximum Gasteiger partial charge on any atom is 0.238 e. The quantitative estimate of drug-likeness (QED) is 0.574. The Hall–Kier alpha value is -0.570. The number of carbonyl (C=O) groups is 1. The first-order chi connectivity index (χ1) is 5.34. The molecule has 0 aromatic carbocycles. The molecule has 1 rings (SSSR count). The van der Waals surface area contributed by atoms with Crippen LogP contribution in [-0.2, 0) is 4.79 Å². The Morgan fingerprint density at radius 2 is 2.45 bits per heavy atom. The van der Waals surface area contributed by atoms with Crippen LogP contribution >= 0.6 is 0 Å². The van der Waals surface area contributed by atoms with Crippen molar-refractivity contribution in [1.29, 1.82) is 0 Å². The second-order valence-corrected chi connectivity index (χ2v) is 2.84. The predicted octanol–water partition coefficient (Wildman–Crippen LogP) is 0.233. The molecule has 0 spiro atoms. The van der Waals surface area contributed by atoms with Crippen molar-refractivity contribution in [2.45, 2.75) is 19.8 Å². The first-order valence-electron chi connectivity index (χ1n) is 4.25. The molecular formula is C8H15N2O. The summed E-state index contributed by atoms with van der Waals surface area (Å²) in [6, 6.07) is 0. The van der Waals surface area contributed by atoms with Gasteiger partial charge in [-0.15, -0.1) is 0 Å². The number of nitrogens with zero attached hydrogens (tertiary/aromatic N) is 2. The van der Waals surface area contributed by atoms with E-state index in [-0.39, 0.29) is 5.91 Å². The first kappa shape index (κ1) is 8.53. The van der Waals surface area contributed by atoms with Gasteiger partial charge in [-0.1, -0.05) is 13.3 Å². The predicted molar refractivity (Wildman–Crippen MR) is 43.4 cm³/mol. The molecule has 1 fully saturated rings. The van der Waals surface area contributed by atoms with Crippen molar-refractivity contribution >= 4 is 5.91 Å². The monoisotopic (exact) mass is 155 g/mol.